The summed E-state index contributed by atoms with van der Waals surface area (Å²) in [6, 6.07) is 12.6. The zero-order valence-corrected chi connectivity index (χ0v) is 19.4. The molecule has 0 aliphatic rings. The highest BCUT2D eigenvalue weighted by Crippen LogP contribution is 2.18. The maximum absolute atomic E-state index is 13.1. The molecule has 2 rings (SSSR count). The molecule has 6 heteroatoms. The molecule has 0 bridgehead atoms. The molecule has 0 spiro atoms. The van der Waals surface area contributed by atoms with E-state index in [0.717, 1.165) is 16.7 Å². The lowest BCUT2D eigenvalue weighted by Crippen LogP contribution is -2.49. The molecular weight excluding hydrogens is 392 g/mol. The summed E-state index contributed by atoms with van der Waals surface area (Å²) in [5.74, 6) is 1.22. The molecular formula is C25H34N2O4. The first kappa shape index (κ1) is 24.3. The van der Waals surface area contributed by atoms with Crippen molar-refractivity contribution in [3.8, 4) is 11.5 Å². The third-order valence-corrected chi connectivity index (χ3v) is 5.18. The summed E-state index contributed by atoms with van der Waals surface area (Å²) in [6.07, 6.45) is 0. The number of benzene rings is 2. The number of carbonyl (C=O) groups excluding carboxylic acids is 2. The van der Waals surface area contributed by atoms with Crippen LogP contribution in [0, 0.1) is 19.8 Å². The molecule has 2 amide bonds. The maximum atomic E-state index is 13.1. The molecule has 6 nitrogen and oxygen atoms in total. The van der Waals surface area contributed by atoms with Crippen LogP contribution in [0.2, 0.25) is 0 Å². The summed E-state index contributed by atoms with van der Waals surface area (Å²) in [6.45, 7) is 10.5. The van der Waals surface area contributed by atoms with Gasteiger partial charge in [0.1, 0.15) is 17.5 Å². The van der Waals surface area contributed by atoms with Gasteiger partial charge in [0.25, 0.3) is 5.91 Å². The van der Waals surface area contributed by atoms with Gasteiger partial charge < -0.3 is 19.7 Å². The Bertz CT molecular complexity index is 895. The Balaban J connectivity index is 2.16. The van der Waals surface area contributed by atoms with Crippen molar-refractivity contribution in [1.82, 2.24) is 10.2 Å². The normalized spacial score (nSPS) is 11.7. The van der Waals surface area contributed by atoms with Crippen LogP contribution in [-0.4, -0.2) is 43.0 Å². The lowest BCUT2D eigenvalue weighted by atomic mass is 10.1. The third-order valence-electron chi connectivity index (χ3n) is 5.18. The van der Waals surface area contributed by atoms with Crippen molar-refractivity contribution >= 4 is 11.8 Å². The first-order valence-corrected chi connectivity index (χ1v) is 10.6. The molecule has 0 aliphatic carbocycles. The zero-order valence-electron chi connectivity index (χ0n) is 19.4. The van der Waals surface area contributed by atoms with Crippen LogP contribution in [0.15, 0.2) is 42.5 Å². The fourth-order valence-electron chi connectivity index (χ4n) is 3.03. The summed E-state index contributed by atoms with van der Waals surface area (Å²) in [5, 5.41) is 2.91. The number of carbonyl (C=O) groups is 2. The van der Waals surface area contributed by atoms with Crippen LogP contribution in [0.5, 0.6) is 11.5 Å². The van der Waals surface area contributed by atoms with Gasteiger partial charge in [-0.1, -0.05) is 32.0 Å². The third kappa shape index (κ3) is 7.31. The van der Waals surface area contributed by atoms with Gasteiger partial charge in [0.2, 0.25) is 5.91 Å². The van der Waals surface area contributed by atoms with Crippen molar-refractivity contribution in [2.24, 2.45) is 5.92 Å². The molecule has 0 aromatic heterocycles. The van der Waals surface area contributed by atoms with E-state index >= 15 is 0 Å². The quantitative estimate of drug-likeness (QED) is 0.626. The minimum Gasteiger partial charge on any atom is -0.497 e. The van der Waals surface area contributed by atoms with E-state index < -0.39 is 6.04 Å². The number of aryl methyl sites for hydroxylation is 2. The van der Waals surface area contributed by atoms with Crippen LogP contribution >= 0.6 is 0 Å². The van der Waals surface area contributed by atoms with Crippen molar-refractivity contribution in [2.45, 2.75) is 47.2 Å². The van der Waals surface area contributed by atoms with E-state index in [0.29, 0.717) is 24.0 Å². The molecule has 1 N–H and O–H groups in total. The Morgan fingerprint density at radius 2 is 1.74 bits per heavy atom. The number of ether oxygens (including phenoxy) is 2. The summed E-state index contributed by atoms with van der Waals surface area (Å²) >= 11 is 0. The molecule has 1 unspecified atom stereocenters. The van der Waals surface area contributed by atoms with Crippen molar-refractivity contribution < 1.29 is 19.1 Å². The van der Waals surface area contributed by atoms with Crippen LogP contribution in [0.25, 0.3) is 0 Å². The van der Waals surface area contributed by atoms with E-state index in [9.17, 15) is 9.59 Å². The second-order valence-electron chi connectivity index (χ2n) is 8.22. The molecule has 0 saturated carbocycles. The maximum Gasteiger partial charge on any atom is 0.261 e. The predicted octanol–water partition coefficient (Wildman–Crippen LogP) is 3.88. The van der Waals surface area contributed by atoms with E-state index in [1.165, 1.54) is 0 Å². The Kier molecular flexibility index (Phi) is 8.91. The average molecular weight is 427 g/mol. The van der Waals surface area contributed by atoms with E-state index in [2.05, 4.69) is 5.32 Å². The van der Waals surface area contributed by atoms with Gasteiger partial charge in [-0.25, -0.2) is 0 Å². The topological polar surface area (TPSA) is 67.9 Å². The van der Waals surface area contributed by atoms with Crippen LogP contribution in [0.4, 0.5) is 0 Å². The minimum atomic E-state index is -0.638. The number of rotatable bonds is 10. The smallest absolute Gasteiger partial charge is 0.261 e. The number of amides is 2. The van der Waals surface area contributed by atoms with Crippen LogP contribution in [-0.2, 0) is 16.1 Å². The van der Waals surface area contributed by atoms with Crippen molar-refractivity contribution in [3.63, 3.8) is 0 Å². The molecule has 168 valence electrons. The number of nitrogens with one attached hydrogen (secondary N) is 1. The molecule has 0 aliphatic heterocycles. The van der Waals surface area contributed by atoms with E-state index in [1.807, 2.05) is 70.2 Å². The highest BCUT2D eigenvalue weighted by molar-refractivity contribution is 5.88. The predicted molar refractivity (Wildman–Crippen MR) is 122 cm³/mol. The van der Waals surface area contributed by atoms with E-state index in [1.54, 1.807) is 18.9 Å². The number of methoxy groups -OCH3 is 1. The molecule has 1 atom stereocenters. The molecule has 0 radical (unpaired) electrons. The van der Waals surface area contributed by atoms with Gasteiger partial charge in [-0.15, -0.1) is 0 Å². The van der Waals surface area contributed by atoms with Gasteiger partial charge in [0, 0.05) is 13.1 Å². The average Bonchev–Trinajstić information content (AvgIpc) is 2.76. The molecule has 2 aromatic carbocycles. The molecule has 0 fully saturated rings. The van der Waals surface area contributed by atoms with Crippen molar-refractivity contribution in [1.29, 1.82) is 0 Å². The van der Waals surface area contributed by atoms with Crippen LogP contribution < -0.4 is 14.8 Å². The Hall–Kier alpha value is -3.02. The van der Waals surface area contributed by atoms with E-state index in [4.69, 9.17) is 9.47 Å². The summed E-state index contributed by atoms with van der Waals surface area (Å²) in [4.78, 5) is 27.3. The molecule has 31 heavy (non-hydrogen) atoms. The van der Waals surface area contributed by atoms with Gasteiger partial charge in [0.05, 0.1) is 7.11 Å². The van der Waals surface area contributed by atoms with Gasteiger partial charge in [0.15, 0.2) is 6.61 Å². The van der Waals surface area contributed by atoms with Gasteiger partial charge in [-0.3, -0.25) is 9.59 Å². The van der Waals surface area contributed by atoms with Crippen LogP contribution in [0.3, 0.4) is 0 Å². The summed E-state index contributed by atoms with van der Waals surface area (Å²) in [7, 11) is 1.60. The number of nitrogens with zero attached hydrogens (tertiary/aromatic N) is 1. The highest BCUT2D eigenvalue weighted by atomic mass is 16.5. The van der Waals surface area contributed by atoms with Crippen LogP contribution in [0.1, 0.15) is 37.5 Å². The first-order chi connectivity index (χ1) is 14.7. The Morgan fingerprint density at radius 3 is 2.39 bits per heavy atom. The second-order valence-corrected chi connectivity index (χ2v) is 8.22. The molecule has 0 heterocycles. The van der Waals surface area contributed by atoms with Gasteiger partial charge in [-0.05, 0) is 67.6 Å². The van der Waals surface area contributed by atoms with E-state index in [-0.39, 0.29) is 25.0 Å². The second kappa shape index (κ2) is 11.4. The largest absolute Gasteiger partial charge is 0.497 e. The number of hydrogen-bond acceptors (Lipinski definition) is 4. The van der Waals surface area contributed by atoms with Crippen molar-refractivity contribution in [2.75, 3.05) is 20.3 Å². The molecule has 0 saturated heterocycles. The lowest BCUT2D eigenvalue weighted by molar-refractivity contribution is -0.142. The van der Waals surface area contributed by atoms with Gasteiger partial charge >= 0.3 is 0 Å². The zero-order chi connectivity index (χ0) is 23.0. The highest BCUT2D eigenvalue weighted by Gasteiger charge is 2.26. The SMILES string of the molecule is COc1cccc(CN(C(=O)COc2ccc(C)c(C)c2)C(C)C(=O)NCC(C)C)c1. The lowest BCUT2D eigenvalue weighted by Gasteiger charge is -2.29. The molecule has 2 aromatic rings. The fraction of sp³-hybridized carbons (Fsp3) is 0.440. The fourth-order valence-corrected chi connectivity index (χ4v) is 3.03. The monoisotopic (exact) mass is 426 g/mol. The summed E-state index contributed by atoms with van der Waals surface area (Å²) < 4.78 is 11.0. The van der Waals surface area contributed by atoms with Crippen molar-refractivity contribution in [3.05, 3.63) is 59.2 Å². The van der Waals surface area contributed by atoms with Gasteiger partial charge in [-0.2, -0.15) is 0 Å². The first-order valence-electron chi connectivity index (χ1n) is 10.6. The Morgan fingerprint density at radius 1 is 1.00 bits per heavy atom. The summed E-state index contributed by atoms with van der Waals surface area (Å²) in [5.41, 5.74) is 3.13. The standard InChI is InChI=1S/C25H34N2O4/c1-17(2)14-26-25(29)20(5)27(15-21-8-7-9-22(13-21)30-6)24(28)16-31-23-11-10-18(3)19(4)12-23/h7-13,17,20H,14-16H2,1-6H3,(H,26,29). The minimum absolute atomic E-state index is 0.145. The Labute approximate surface area is 185 Å². The number of hydrogen-bond donors (Lipinski definition) is 1.